The van der Waals surface area contributed by atoms with Crippen molar-refractivity contribution >= 4 is 11.6 Å². The summed E-state index contributed by atoms with van der Waals surface area (Å²) in [7, 11) is 3.36. The first-order chi connectivity index (χ1) is 11.6. The molecule has 0 bridgehead atoms. The lowest BCUT2D eigenvalue weighted by Crippen LogP contribution is -2.14. The van der Waals surface area contributed by atoms with E-state index in [-0.39, 0.29) is 11.8 Å². The molecular formula is C17H17N5O2. The molecule has 7 heteroatoms. The van der Waals surface area contributed by atoms with Gasteiger partial charge in [0.15, 0.2) is 5.82 Å². The van der Waals surface area contributed by atoms with Gasteiger partial charge in [-0.3, -0.25) is 4.79 Å². The zero-order valence-corrected chi connectivity index (χ0v) is 13.6. The van der Waals surface area contributed by atoms with Gasteiger partial charge in [-0.15, -0.1) is 10.2 Å². The fourth-order valence-electron chi connectivity index (χ4n) is 2.46. The average Bonchev–Trinajstić information content (AvgIpc) is 3.02. The number of benzene rings is 1. The fourth-order valence-corrected chi connectivity index (χ4v) is 2.46. The van der Waals surface area contributed by atoms with E-state index in [2.05, 4.69) is 20.5 Å². The molecule has 1 aromatic carbocycles. The van der Waals surface area contributed by atoms with Crippen molar-refractivity contribution in [2.45, 2.75) is 6.92 Å². The maximum Gasteiger partial charge on any atom is 0.261 e. The number of aryl methyl sites for hydroxylation is 1. The molecule has 0 atom stereocenters. The minimum Gasteiger partial charge on any atom is -0.480 e. The topological polar surface area (TPSA) is 81.9 Å². The SMILES string of the molecule is COc1ncccc1C(=O)Nc1cccc(-c2nncn2C)c1C. The van der Waals surface area contributed by atoms with E-state index in [4.69, 9.17) is 4.74 Å². The Morgan fingerprint density at radius 2 is 2.08 bits per heavy atom. The van der Waals surface area contributed by atoms with Crippen molar-refractivity contribution in [2.24, 2.45) is 7.05 Å². The maximum absolute atomic E-state index is 12.5. The second-order valence-corrected chi connectivity index (χ2v) is 5.26. The lowest BCUT2D eigenvalue weighted by molar-refractivity contribution is 0.102. The fraction of sp³-hybridized carbons (Fsp3) is 0.176. The predicted molar refractivity (Wildman–Crippen MR) is 89.9 cm³/mol. The molecule has 0 aliphatic rings. The van der Waals surface area contributed by atoms with Gasteiger partial charge in [-0.2, -0.15) is 0 Å². The number of anilines is 1. The summed E-state index contributed by atoms with van der Waals surface area (Å²) in [6.45, 7) is 1.93. The number of pyridine rings is 1. The Morgan fingerprint density at radius 1 is 1.25 bits per heavy atom. The van der Waals surface area contributed by atoms with Crippen molar-refractivity contribution < 1.29 is 9.53 Å². The summed E-state index contributed by atoms with van der Waals surface area (Å²) in [5.74, 6) is 0.748. The standard InChI is InChI=1S/C17H17N5O2/c1-11-12(15-21-19-10-22(15)2)6-4-8-14(11)20-16(23)13-7-5-9-18-17(13)24-3/h4-10H,1-3H3,(H,20,23). The molecule has 0 saturated carbocycles. The highest BCUT2D eigenvalue weighted by atomic mass is 16.5. The third-order valence-electron chi connectivity index (χ3n) is 3.74. The van der Waals surface area contributed by atoms with Crippen LogP contribution in [-0.2, 0) is 7.05 Å². The molecule has 122 valence electrons. The summed E-state index contributed by atoms with van der Waals surface area (Å²) in [6.07, 6.45) is 3.22. The summed E-state index contributed by atoms with van der Waals surface area (Å²) in [5, 5.41) is 10.9. The van der Waals surface area contributed by atoms with Gasteiger partial charge in [-0.05, 0) is 30.7 Å². The summed E-state index contributed by atoms with van der Waals surface area (Å²) in [6, 6.07) is 9.02. The molecule has 3 aromatic rings. The number of ether oxygens (including phenoxy) is 1. The van der Waals surface area contributed by atoms with Crippen LogP contribution in [-0.4, -0.2) is 32.8 Å². The van der Waals surface area contributed by atoms with E-state index in [9.17, 15) is 4.79 Å². The van der Waals surface area contributed by atoms with Crippen LogP contribution in [0.3, 0.4) is 0 Å². The van der Waals surface area contributed by atoms with Crippen LogP contribution in [0.2, 0.25) is 0 Å². The molecule has 0 saturated heterocycles. The Kier molecular flexibility index (Phi) is 4.24. The van der Waals surface area contributed by atoms with E-state index in [1.807, 2.05) is 36.7 Å². The van der Waals surface area contributed by atoms with Crippen molar-refractivity contribution in [3.05, 3.63) is 54.0 Å². The normalized spacial score (nSPS) is 10.5. The molecule has 1 N–H and O–H groups in total. The lowest BCUT2D eigenvalue weighted by Gasteiger charge is -2.13. The number of nitrogens with zero attached hydrogens (tertiary/aromatic N) is 4. The number of hydrogen-bond acceptors (Lipinski definition) is 5. The van der Waals surface area contributed by atoms with Crippen LogP contribution in [0.25, 0.3) is 11.4 Å². The first-order valence-corrected chi connectivity index (χ1v) is 7.36. The minimum atomic E-state index is -0.279. The van der Waals surface area contributed by atoms with Gasteiger partial charge in [-0.1, -0.05) is 12.1 Å². The summed E-state index contributed by atoms with van der Waals surface area (Å²) in [5.41, 5.74) is 2.89. The van der Waals surface area contributed by atoms with Crippen LogP contribution < -0.4 is 10.1 Å². The van der Waals surface area contributed by atoms with Gasteiger partial charge >= 0.3 is 0 Å². The van der Waals surface area contributed by atoms with E-state index in [1.165, 1.54) is 7.11 Å². The number of amides is 1. The van der Waals surface area contributed by atoms with Gasteiger partial charge in [0, 0.05) is 24.5 Å². The summed E-state index contributed by atoms with van der Waals surface area (Å²) >= 11 is 0. The van der Waals surface area contributed by atoms with E-state index in [0.29, 0.717) is 11.3 Å². The average molecular weight is 323 g/mol. The van der Waals surface area contributed by atoms with E-state index >= 15 is 0 Å². The lowest BCUT2D eigenvalue weighted by atomic mass is 10.1. The van der Waals surface area contributed by atoms with Crippen molar-refractivity contribution in [2.75, 3.05) is 12.4 Å². The van der Waals surface area contributed by atoms with Gasteiger partial charge < -0.3 is 14.6 Å². The van der Waals surface area contributed by atoms with Crippen molar-refractivity contribution in [3.8, 4) is 17.3 Å². The molecule has 0 unspecified atom stereocenters. The van der Waals surface area contributed by atoms with E-state index < -0.39 is 0 Å². The Hall–Kier alpha value is -3.22. The third-order valence-corrected chi connectivity index (χ3v) is 3.74. The first kappa shape index (κ1) is 15.7. The predicted octanol–water partition coefficient (Wildman–Crippen LogP) is 2.45. The van der Waals surface area contributed by atoms with Crippen LogP contribution in [0.1, 0.15) is 15.9 Å². The second kappa shape index (κ2) is 6.49. The van der Waals surface area contributed by atoms with Gasteiger partial charge in [0.1, 0.15) is 11.9 Å². The molecule has 2 heterocycles. The number of carbonyl (C=O) groups is 1. The number of hydrogen-bond donors (Lipinski definition) is 1. The highest BCUT2D eigenvalue weighted by Crippen LogP contribution is 2.27. The Balaban J connectivity index is 1.94. The highest BCUT2D eigenvalue weighted by molar-refractivity contribution is 6.06. The van der Waals surface area contributed by atoms with Crippen molar-refractivity contribution in [3.63, 3.8) is 0 Å². The molecule has 1 amide bonds. The molecule has 24 heavy (non-hydrogen) atoms. The molecule has 0 fully saturated rings. The Bertz CT molecular complexity index is 888. The summed E-state index contributed by atoms with van der Waals surface area (Å²) < 4.78 is 6.97. The number of aromatic nitrogens is 4. The van der Waals surface area contributed by atoms with Crippen LogP contribution in [0.4, 0.5) is 5.69 Å². The van der Waals surface area contributed by atoms with Gasteiger partial charge in [-0.25, -0.2) is 4.98 Å². The number of rotatable bonds is 4. The number of nitrogens with one attached hydrogen (secondary N) is 1. The molecule has 7 nitrogen and oxygen atoms in total. The van der Waals surface area contributed by atoms with E-state index in [1.54, 1.807) is 24.7 Å². The smallest absolute Gasteiger partial charge is 0.261 e. The molecule has 0 spiro atoms. The molecule has 0 aliphatic heterocycles. The van der Waals surface area contributed by atoms with Crippen LogP contribution in [0.5, 0.6) is 5.88 Å². The Morgan fingerprint density at radius 3 is 2.79 bits per heavy atom. The highest BCUT2D eigenvalue weighted by Gasteiger charge is 2.16. The molecule has 3 rings (SSSR count). The van der Waals surface area contributed by atoms with Gasteiger partial charge in [0.25, 0.3) is 5.91 Å². The van der Waals surface area contributed by atoms with Crippen molar-refractivity contribution in [1.82, 2.24) is 19.7 Å². The number of methoxy groups -OCH3 is 1. The molecule has 2 aromatic heterocycles. The van der Waals surface area contributed by atoms with Crippen LogP contribution >= 0.6 is 0 Å². The Labute approximate surface area is 139 Å². The molecule has 0 aliphatic carbocycles. The molecular weight excluding hydrogens is 306 g/mol. The maximum atomic E-state index is 12.5. The largest absolute Gasteiger partial charge is 0.480 e. The zero-order valence-electron chi connectivity index (χ0n) is 13.6. The quantitative estimate of drug-likeness (QED) is 0.797. The first-order valence-electron chi connectivity index (χ1n) is 7.36. The number of carbonyl (C=O) groups excluding carboxylic acids is 1. The van der Waals surface area contributed by atoms with Crippen LogP contribution in [0.15, 0.2) is 42.9 Å². The van der Waals surface area contributed by atoms with Gasteiger partial charge in [0.05, 0.1) is 7.11 Å². The van der Waals surface area contributed by atoms with Crippen molar-refractivity contribution in [1.29, 1.82) is 0 Å². The van der Waals surface area contributed by atoms with Crippen LogP contribution in [0, 0.1) is 6.92 Å². The molecule has 0 radical (unpaired) electrons. The summed E-state index contributed by atoms with van der Waals surface area (Å²) in [4.78, 5) is 16.6. The van der Waals surface area contributed by atoms with E-state index in [0.717, 1.165) is 17.0 Å². The minimum absolute atomic E-state index is 0.279. The third kappa shape index (κ3) is 2.83. The van der Waals surface area contributed by atoms with Gasteiger partial charge in [0.2, 0.25) is 5.88 Å². The second-order valence-electron chi connectivity index (χ2n) is 5.26. The monoisotopic (exact) mass is 323 g/mol. The zero-order chi connectivity index (χ0) is 17.1.